The van der Waals surface area contributed by atoms with Gasteiger partial charge in [0, 0.05) is 18.0 Å². The summed E-state index contributed by atoms with van der Waals surface area (Å²) < 4.78 is 28.4. The van der Waals surface area contributed by atoms with E-state index in [-0.39, 0.29) is 22.8 Å². The number of fused-ring (bicyclic) bond motifs is 1. The van der Waals surface area contributed by atoms with Crippen LogP contribution < -0.4 is 4.90 Å². The molecule has 0 spiro atoms. The van der Waals surface area contributed by atoms with E-state index in [9.17, 15) is 13.2 Å². The smallest absolute Gasteiger partial charge is 0.294 e. The Kier molecular flexibility index (Phi) is 4.02. The van der Waals surface area contributed by atoms with E-state index >= 15 is 0 Å². The highest BCUT2D eigenvalue weighted by molar-refractivity contribution is 7.90. The third-order valence-corrected chi connectivity index (χ3v) is 5.16. The standard InChI is InChI=1S/C17H19NO4S/c1-3-13-9-8-12-6-4-5-7-14(12)18(13)17(19)15-10-11-16(22-15)23(2,20)21/h4-7,10-11,13H,3,8-9H2,1-2H3. The molecule has 0 N–H and O–H groups in total. The third-order valence-electron chi connectivity index (χ3n) is 4.21. The van der Waals surface area contributed by atoms with Crippen molar-refractivity contribution in [3.05, 3.63) is 47.7 Å². The molecule has 3 rings (SSSR count). The van der Waals surface area contributed by atoms with Crippen LogP contribution in [0.1, 0.15) is 35.9 Å². The van der Waals surface area contributed by atoms with E-state index < -0.39 is 9.84 Å². The SMILES string of the molecule is CCC1CCc2ccccc2N1C(=O)c1ccc(S(C)(=O)=O)o1. The minimum atomic E-state index is -3.46. The average Bonchev–Trinajstić information content (AvgIpc) is 3.03. The Morgan fingerprint density at radius 2 is 2.00 bits per heavy atom. The molecule has 0 bridgehead atoms. The second-order valence-electron chi connectivity index (χ2n) is 5.80. The summed E-state index contributed by atoms with van der Waals surface area (Å²) in [5.74, 6) is -0.237. The number of carbonyl (C=O) groups is 1. The first-order chi connectivity index (χ1) is 10.9. The zero-order valence-corrected chi connectivity index (χ0v) is 14.0. The molecule has 2 aromatic rings. The summed E-state index contributed by atoms with van der Waals surface area (Å²) in [5.41, 5.74) is 2.01. The van der Waals surface area contributed by atoms with Crippen molar-refractivity contribution in [2.24, 2.45) is 0 Å². The first-order valence-corrected chi connectivity index (χ1v) is 9.52. The van der Waals surface area contributed by atoms with E-state index in [2.05, 4.69) is 0 Å². The second kappa shape index (κ2) is 5.85. The molecule has 1 atom stereocenters. The molecular formula is C17H19NO4S. The van der Waals surface area contributed by atoms with E-state index in [4.69, 9.17) is 4.42 Å². The molecular weight excluding hydrogens is 314 g/mol. The lowest BCUT2D eigenvalue weighted by atomic mass is 9.94. The quantitative estimate of drug-likeness (QED) is 0.866. The third kappa shape index (κ3) is 2.91. The van der Waals surface area contributed by atoms with Crippen LogP contribution in [-0.4, -0.2) is 26.6 Å². The molecule has 1 aromatic heterocycles. The average molecular weight is 333 g/mol. The fraction of sp³-hybridized carbons (Fsp3) is 0.353. The van der Waals surface area contributed by atoms with E-state index in [0.717, 1.165) is 36.8 Å². The minimum Gasteiger partial charge on any atom is -0.440 e. The molecule has 0 saturated carbocycles. The lowest BCUT2D eigenvalue weighted by Crippen LogP contribution is -2.43. The van der Waals surface area contributed by atoms with Gasteiger partial charge in [0.25, 0.3) is 5.91 Å². The van der Waals surface area contributed by atoms with Gasteiger partial charge in [-0.05, 0) is 43.0 Å². The maximum atomic E-state index is 12.9. The van der Waals surface area contributed by atoms with Crippen LogP contribution in [0, 0.1) is 0 Å². The fourth-order valence-electron chi connectivity index (χ4n) is 3.02. The van der Waals surface area contributed by atoms with E-state index in [1.807, 2.05) is 31.2 Å². The summed E-state index contributed by atoms with van der Waals surface area (Å²) >= 11 is 0. The maximum absolute atomic E-state index is 12.9. The summed E-state index contributed by atoms with van der Waals surface area (Å²) in [6.07, 6.45) is 3.72. The molecule has 1 aliphatic heterocycles. The van der Waals surface area contributed by atoms with Crippen molar-refractivity contribution < 1.29 is 17.6 Å². The second-order valence-corrected chi connectivity index (χ2v) is 7.74. The number of para-hydroxylation sites is 1. The molecule has 1 aliphatic rings. The zero-order valence-electron chi connectivity index (χ0n) is 13.2. The van der Waals surface area contributed by atoms with Crippen molar-refractivity contribution in [2.45, 2.75) is 37.3 Å². The molecule has 5 nitrogen and oxygen atoms in total. The number of furan rings is 1. The number of sulfone groups is 1. The van der Waals surface area contributed by atoms with Crippen LogP contribution in [0.5, 0.6) is 0 Å². The number of nitrogens with zero attached hydrogens (tertiary/aromatic N) is 1. The molecule has 0 radical (unpaired) electrons. The van der Waals surface area contributed by atoms with Gasteiger partial charge < -0.3 is 9.32 Å². The number of hydrogen-bond donors (Lipinski definition) is 0. The molecule has 0 fully saturated rings. The Labute approximate surface area is 135 Å². The van der Waals surface area contributed by atoms with Crippen LogP contribution in [0.3, 0.4) is 0 Å². The summed E-state index contributed by atoms with van der Waals surface area (Å²) in [6, 6.07) is 10.7. The number of benzene rings is 1. The van der Waals surface area contributed by atoms with E-state index in [0.29, 0.717) is 0 Å². The van der Waals surface area contributed by atoms with Gasteiger partial charge >= 0.3 is 0 Å². The van der Waals surface area contributed by atoms with Crippen LogP contribution in [-0.2, 0) is 16.3 Å². The van der Waals surface area contributed by atoms with Crippen LogP contribution in [0.25, 0.3) is 0 Å². The van der Waals surface area contributed by atoms with Crippen molar-refractivity contribution in [1.82, 2.24) is 0 Å². The number of hydrogen-bond acceptors (Lipinski definition) is 4. The Hall–Kier alpha value is -2.08. The largest absolute Gasteiger partial charge is 0.440 e. The van der Waals surface area contributed by atoms with Crippen molar-refractivity contribution in [3.8, 4) is 0 Å². The summed E-state index contributed by atoms with van der Waals surface area (Å²) in [6.45, 7) is 2.04. The lowest BCUT2D eigenvalue weighted by molar-refractivity contribution is 0.0940. The Morgan fingerprint density at radius 1 is 1.26 bits per heavy atom. The predicted molar refractivity (Wildman–Crippen MR) is 87.5 cm³/mol. The summed E-state index contributed by atoms with van der Waals surface area (Å²) in [4.78, 5) is 14.6. The molecule has 1 amide bonds. The predicted octanol–water partition coefficient (Wildman–Crippen LogP) is 3.05. The van der Waals surface area contributed by atoms with Crippen LogP contribution in [0.15, 0.2) is 45.9 Å². The topological polar surface area (TPSA) is 67.6 Å². The van der Waals surface area contributed by atoms with Gasteiger partial charge in [0.2, 0.25) is 14.9 Å². The van der Waals surface area contributed by atoms with Crippen LogP contribution >= 0.6 is 0 Å². The molecule has 1 aromatic carbocycles. The van der Waals surface area contributed by atoms with Crippen molar-refractivity contribution >= 4 is 21.4 Å². The van der Waals surface area contributed by atoms with Gasteiger partial charge in [0.1, 0.15) is 0 Å². The monoisotopic (exact) mass is 333 g/mol. The molecule has 2 heterocycles. The summed E-state index contributed by atoms with van der Waals surface area (Å²) in [5, 5.41) is -0.181. The highest BCUT2D eigenvalue weighted by Crippen LogP contribution is 2.33. The normalized spacial score (nSPS) is 17.8. The van der Waals surface area contributed by atoms with Gasteiger partial charge in [-0.1, -0.05) is 25.1 Å². The van der Waals surface area contributed by atoms with Crippen molar-refractivity contribution in [1.29, 1.82) is 0 Å². The highest BCUT2D eigenvalue weighted by atomic mass is 32.2. The molecule has 6 heteroatoms. The van der Waals surface area contributed by atoms with Crippen LogP contribution in [0.4, 0.5) is 5.69 Å². The minimum absolute atomic E-state index is 0.0561. The van der Waals surface area contributed by atoms with Crippen molar-refractivity contribution in [2.75, 3.05) is 11.2 Å². The number of aryl methyl sites for hydroxylation is 1. The number of rotatable bonds is 3. The van der Waals surface area contributed by atoms with Gasteiger partial charge in [-0.15, -0.1) is 0 Å². The van der Waals surface area contributed by atoms with Gasteiger partial charge in [-0.2, -0.15) is 0 Å². The number of anilines is 1. The lowest BCUT2D eigenvalue weighted by Gasteiger charge is -2.36. The van der Waals surface area contributed by atoms with Gasteiger partial charge in [0.15, 0.2) is 5.76 Å². The molecule has 0 saturated heterocycles. The Morgan fingerprint density at radius 3 is 2.65 bits per heavy atom. The van der Waals surface area contributed by atoms with Gasteiger partial charge in [-0.25, -0.2) is 8.42 Å². The van der Waals surface area contributed by atoms with E-state index in [1.165, 1.54) is 12.1 Å². The highest BCUT2D eigenvalue weighted by Gasteiger charge is 2.32. The first-order valence-electron chi connectivity index (χ1n) is 7.63. The van der Waals surface area contributed by atoms with E-state index in [1.54, 1.807) is 4.90 Å². The van der Waals surface area contributed by atoms with Gasteiger partial charge in [0.05, 0.1) is 0 Å². The number of amides is 1. The molecule has 0 aliphatic carbocycles. The maximum Gasteiger partial charge on any atom is 0.294 e. The molecule has 122 valence electrons. The number of carbonyl (C=O) groups excluding carboxylic acids is 1. The fourth-order valence-corrected chi connectivity index (χ4v) is 3.58. The van der Waals surface area contributed by atoms with Crippen molar-refractivity contribution in [3.63, 3.8) is 0 Å². The Bertz CT molecular complexity index is 838. The first kappa shape index (κ1) is 15.8. The summed E-state index contributed by atoms with van der Waals surface area (Å²) in [7, 11) is -3.46. The van der Waals surface area contributed by atoms with Gasteiger partial charge in [-0.3, -0.25) is 4.79 Å². The molecule has 1 unspecified atom stereocenters. The Balaban J connectivity index is 2.01. The molecule has 23 heavy (non-hydrogen) atoms. The van der Waals surface area contributed by atoms with Crippen LogP contribution in [0.2, 0.25) is 0 Å². The zero-order chi connectivity index (χ0) is 16.6.